The third kappa shape index (κ3) is 1.88. The van der Waals surface area contributed by atoms with Crippen molar-refractivity contribution < 1.29 is 28.5 Å². The minimum Gasteiger partial charge on any atom is -1.00 e. The normalized spacial score (nSPS) is 10.2. The van der Waals surface area contributed by atoms with E-state index in [0.29, 0.717) is 0 Å². The molecule has 0 aliphatic rings. The standard InChI is InChI=1S/C13H16N2.HI/c1-4-11-9(2)13(14)10-7-5-6-8-12(10)15(11)3;/h5-8,14H,4H2,1-3H3;1H. The van der Waals surface area contributed by atoms with E-state index in [1.165, 1.54) is 16.8 Å². The molecule has 0 amide bonds. The van der Waals surface area contributed by atoms with E-state index in [1.807, 2.05) is 6.07 Å². The van der Waals surface area contributed by atoms with Crippen LogP contribution in [-0.2, 0) is 13.5 Å². The Labute approximate surface area is 113 Å². The van der Waals surface area contributed by atoms with Crippen LogP contribution in [-0.4, -0.2) is 0 Å². The SMILES string of the molecule is CCc1c(C)c(N)c2ccccc2[n+]1C.[I-]. The molecule has 2 nitrogen and oxygen atoms in total. The number of nitrogens with zero attached hydrogens (tertiary/aromatic N) is 1. The Morgan fingerprint density at radius 2 is 1.88 bits per heavy atom. The van der Waals surface area contributed by atoms with Crippen molar-refractivity contribution >= 4 is 16.6 Å². The summed E-state index contributed by atoms with van der Waals surface area (Å²) in [7, 11) is 2.10. The number of fused-ring (bicyclic) bond motifs is 1. The number of aromatic nitrogens is 1. The smallest absolute Gasteiger partial charge is 0.214 e. The molecule has 2 aromatic rings. The number of rotatable bonds is 1. The zero-order valence-electron chi connectivity index (χ0n) is 9.92. The second-order valence-corrected chi connectivity index (χ2v) is 3.92. The van der Waals surface area contributed by atoms with Crippen LogP contribution in [0.1, 0.15) is 18.2 Å². The van der Waals surface area contributed by atoms with Gasteiger partial charge in [0.1, 0.15) is 7.05 Å². The predicted molar refractivity (Wildman–Crippen MR) is 63.7 cm³/mol. The molecule has 0 spiro atoms. The third-order valence-corrected chi connectivity index (χ3v) is 3.13. The Morgan fingerprint density at radius 3 is 2.50 bits per heavy atom. The van der Waals surface area contributed by atoms with Gasteiger partial charge in [-0.3, -0.25) is 0 Å². The second-order valence-electron chi connectivity index (χ2n) is 3.92. The van der Waals surface area contributed by atoms with E-state index in [2.05, 4.69) is 43.7 Å². The largest absolute Gasteiger partial charge is 1.00 e. The van der Waals surface area contributed by atoms with Crippen molar-refractivity contribution in [2.75, 3.05) is 5.73 Å². The van der Waals surface area contributed by atoms with Gasteiger partial charge in [0.05, 0.1) is 11.1 Å². The number of hydrogen-bond acceptors (Lipinski definition) is 1. The number of aryl methyl sites for hydroxylation is 1. The number of benzene rings is 1. The van der Waals surface area contributed by atoms with Crippen LogP contribution in [0.5, 0.6) is 0 Å². The fraction of sp³-hybridized carbons (Fsp3) is 0.308. The zero-order chi connectivity index (χ0) is 11.0. The Balaban J connectivity index is 0.00000128. The van der Waals surface area contributed by atoms with E-state index < -0.39 is 0 Å². The molecule has 0 atom stereocenters. The van der Waals surface area contributed by atoms with Gasteiger partial charge in [-0.05, 0) is 13.0 Å². The van der Waals surface area contributed by atoms with Crippen molar-refractivity contribution in [3.63, 3.8) is 0 Å². The van der Waals surface area contributed by atoms with Crippen LogP contribution in [0.3, 0.4) is 0 Å². The average molecular weight is 328 g/mol. The predicted octanol–water partition coefficient (Wildman–Crippen LogP) is -0.879. The summed E-state index contributed by atoms with van der Waals surface area (Å²) >= 11 is 0. The lowest BCUT2D eigenvalue weighted by Crippen LogP contribution is -3.00. The molecule has 2 N–H and O–H groups in total. The van der Waals surface area contributed by atoms with E-state index in [0.717, 1.165) is 17.5 Å². The van der Waals surface area contributed by atoms with E-state index >= 15 is 0 Å². The number of nitrogens with two attached hydrogens (primary N) is 1. The lowest BCUT2D eigenvalue weighted by molar-refractivity contribution is -0.653. The maximum Gasteiger partial charge on any atom is 0.214 e. The van der Waals surface area contributed by atoms with E-state index in [4.69, 9.17) is 5.73 Å². The lowest BCUT2D eigenvalue weighted by Gasteiger charge is -2.08. The average Bonchev–Trinajstić information content (AvgIpc) is 2.27. The first-order chi connectivity index (χ1) is 7.16. The van der Waals surface area contributed by atoms with Gasteiger partial charge in [-0.25, -0.2) is 0 Å². The second kappa shape index (κ2) is 4.99. The minimum atomic E-state index is 0. The molecule has 86 valence electrons. The maximum absolute atomic E-state index is 6.15. The van der Waals surface area contributed by atoms with E-state index in [-0.39, 0.29) is 24.0 Å². The number of anilines is 1. The molecule has 1 aromatic heterocycles. The first-order valence-electron chi connectivity index (χ1n) is 5.32. The van der Waals surface area contributed by atoms with Crippen molar-refractivity contribution in [3.05, 3.63) is 35.5 Å². The Hall–Kier alpha value is -0.840. The molecule has 0 bridgehead atoms. The molecule has 0 unspecified atom stereocenters. The number of para-hydroxylation sites is 1. The van der Waals surface area contributed by atoms with Crippen LogP contribution >= 0.6 is 0 Å². The number of nitrogen functional groups attached to an aromatic ring is 1. The van der Waals surface area contributed by atoms with Crippen molar-refractivity contribution in [2.45, 2.75) is 20.3 Å². The van der Waals surface area contributed by atoms with E-state index in [9.17, 15) is 0 Å². The lowest BCUT2D eigenvalue weighted by atomic mass is 10.1. The van der Waals surface area contributed by atoms with Crippen molar-refractivity contribution in [2.24, 2.45) is 7.05 Å². The summed E-state index contributed by atoms with van der Waals surface area (Å²) in [4.78, 5) is 0. The molecule has 0 aliphatic carbocycles. The number of halogens is 1. The van der Waals surface area contributed by atoms with Crippen molar-refractivity contribution in [1.82, 2.24) is 0 Å². The van der Waals surface area contributed by atoms with Crippen LogP contribution in [0.25, 0.3) is 10.9 Å². The molecule has 0 fully saturated rings. The quantitative estimate of drug-likeness (QED) is 0.535. The molecule has 2 rings (SSSR count). The van der Waals surface area contributed by atoms with Crippen LogP contribution in [0.2, 0.25) is 0 Å². The topological polar surface area (TPSA) is 29.9 Å². The van der Waals surface area contributed by atoms with Crippen molar-refractivity contribution in [3.8, 4) is 0 Å². The third-order valence-electron chi connectivity index (χ3n) is 3.13. The number of hydrogen-bond donors (Lipinski definition) is 1. The molecule has 16 heavy (non-hydrogen) atoms. The highest BCUT2D eigenvalue weighted by Crippen LogP contribution is 2.23. The van der Waals surface area contributed by atoms with Gasteiger partial charge >= 0.3 is 0 Å². The Bertz CT molecular complexity index is 521. The highest BCUT2D eigenvalue weighted by molar-refractivity contribution is 5.89. The molecule has 3 heteroatoms. The van der Waals surface area contributed by atoms with Crippen LogP contribution in [0, 0.1) is 6.92 Å². The van der Waals surface area contributed by atoms with Gasteiger partial charge in [0, 0.05) is 18.1 Å². The summed E-state index contributed by atoms with van der Waals surface area (Å²) in [6.45, 7) is 4.26. The molecule has 0 saturated carbocycles. The van der Waals surface area contributed by atoms with Crippen LogP contribution in [0.15, 0.2) is 24.3 Å². The van der Waals surface area contributed by atoms with Gasteiger partial charge in [0.2, 0.25) is 5.52 Å². The number of pyridine rings is 1. The first-order valence-corrected chi connectivity index (χ1v) is 5.32. The molecule has 0 radical (unpaired) electrons. The molecule has 1 heterocycles. The fourth-order valence-corrected chi connectivity index (χ4v) is 2.25. The summed E-state index contributed by atoms with van der Waals surface area (Å²) in [6, 6.07) is 8.28. The Kier molecular flexibility index (Phi) is 4.13. The van der Waals surface area contributed by atoms with Gasteiger partial charge in [-0.2, -0.15) is 4.57 Å². The maximum atomic E-state index is 6.15. The zero-order valence-corrected chi connectivity index (χ0v) is 12.1. The first kappa shape index (κ1) is 13.2. The summed E-state index contributed by atoms with van der Waals surface area (Å²) < 4.78 is 2.24. The summed E-state index contributed by atoms with van der Waals surface area (Å²) in [5.41, 5.74) is 10.8. The molecule has 1 aromatic carbocycles. The monoisotopic (exact) mass is 328 g/mol. The molecular formula is C13H17IN2. The van der Waals surface area contributed by atoms with Crippen LogP contribution < -0.4 is 34.3 Å². The highest BCUT2D eigenvalue weighted by atomic mass is 127. The minimum absolute atomic E-state index is 0. The molecule has 0 aliphatic heterocycles. The summed E-state index contributed by atoms with van der Waals surface area (Å²) in [5.74, 6) is 0. The highest BCUT2D eigenvalue weighted by Gasteiger charge is 2.17. The molecule has 0 saturated heterocycles. The van der Waals surface area contributed by atoms with Gasteiger partial charge in [0.25, 0.3) is 0 Å². The van der Waals surface area contributed by atoms with Gasteiger partial charge in [0.15, 0.2) is 5.69 Å². The van der Waals surface area contributed by atoms with E-state index in [1.54, 1.807) is 0 Å². The van der Waals surface area contributed by atoms with Gasteiger partial charge in [-0.15, -0.1) is 0 Å². The van der Waals surface area contributed by atoms with Gasteiger partial charge < -0.3 is 29.7 Å². The summed E-state index contributed by atoms with van der Waals surface area (Å²) in [5, 5.41) is 1.15. The van der Waals surface area contributed by atoms with Crippen LogP contribution in [0.4, 0.5) is 5.69 Å². The molecular weight excluding hydrogens is 311 g/mol. The fourth-order valence-electron chi connectivity index (χ4n) is 2.25. The van der Waals surface area contributed by atoms with Crippen molar-refractivity contribution in [1.29, 1.82) is 0 Å². The van der Waals surface area contributed by atoms with Gasteiger partial charge in [-0.1, -0.05) is 19.1 Å². The summed E-state index contributed by atoms with van der Waals surface area (Å²) in [6.07, 6.45) is 1.01. The Morgan fingerprint density at radius 1 is 1.25 bits per heavy atom.